The minimum atomic E-state index is -0.845. The summed E-state index contributed by atoms with van der Waals surface area (Å²) in [5.41, 5.74) is 0. The number of carbonyl (C=O) groups excluding carboxylic acids is 2. The molecular formula is C63H117NO5. The van der Waals surface area contributed by atoms with Crippen LogP contribution in [-0.4, -0.2) is 47.4 Å². The van der Waals surface area contributed by atoms with Crippen LogP contribution in [0.2, 0.25) is 0 Å². The highest BCUT2D eigenvalue weighted by molar-refractivity contribution is 5.76. The highest BCUT2D eigenvalue weighted by Gasteiger charge is 2.18. The number of nitrogens with one attached hydrogen (secondary N) is 1. The van der Waals surface area contributed by atoms with Gasteiger partial charge in [0.2, 0.25) is 5.91 Å². The van der Waals surface area contributed by atoms with Gasteiger partial charge in [0.25, 0.3) is 0 Å². The number of ether oxygens (including phenoxy) is 1. The smallest absolute Gasteiger partial charge is 0.305 e. The van der Waals surface area contributed by atoms with E-state index in [0.717, 1.165) is 51.4 Å². The molecule has 0 aliphatic carbocycles. The minimum Gasteiger partial charge on any atom is -0.466 e. The lowest BCUT2D eigenvalue weighted by Crippen LogP contribution is -2.45. The van der Waals surface area contributed by atoms with E-state index in [1.165, 1.54) is 238 Å². The van der Waals surface area contributed by atoms with Crippen molar-refractivity contribution in [3.05, 3.63) is 48.6 Å². The summed E-state index contributed by atoms with van der Waals surface area (Å²) in [7, 11) is 0. The molecule has 0 rings (SSSR count). The van der Waals surface area contributed by atoms with Crippen LogP contribution in [0.5, 0.6) is 0 Å². The number of rotatable bonds is 56. The lowest BCUT2D eigenvalue weighted by Gasteiger charge is -2.20. The van der Waals surface area contributed by atoms with Gasteiger partial charge in [-0.25, -0.2) is 0 Å². The second-order valence-corrected chi connectivity index (χ2v) is 20.7. The Bertz CT molecular complexity index is 1160. The van der Waals surface area contributed by atoms with Crippen LogP contribution in [-0.2, 0) is 14.3 Å². The maximum atomic E-state index is 12.4. The second kappa shape index (κ2) is 58.4. The highest BCUT2D eigenvalue weighted by atomic mass is 16.5. The highest BCUT2D eigenvalue weighted by Crippen LogP contribution is 2.16. The Morgan fingerprint density at radius 3 is 1.12 bits per heavy atom. The van der Waals surface area contributed by atoms with Gasteiger partial charge in [-0.15, -0.1) is 0 Å². The van der Waals surface area contributed by atoms with E-state index in [2.05, 4.69) is 55.6 Å². The second-order valence-electron chi connectivity index (χ2n) is 20.7. The van der Waals surface area contributed by atoms with Crippen molar-refractivity contribution in [2.75, 3.05) is 13.2 Å². The maximum Gasteiger partial charge on any atom is 0.305 e. The molecule has 0 saturated carbocycles. The van der Waals surface area contributed by atoms with Crippen LogP contribution in [0.1, 0.15) is 316 Å². The largest absolute Gasteiger partial charge is 0.466 e. The molecule has 3 N–H and O–H groups in total. The molecule has 0 aromatic carbocycles. The van der Waals surface area contributed by atoms with Gasteiger partial charge in [0, 0.05) is 12.8 Å². The third-order valence-corrected chi connectivity index (χ3v) is 13.8. The fourth-order valence-electron chi connectivity index (χ4n) is 9.13. The van der Waals surface area contributed by atoms with E-state index in [0.29, 0.717) is 19.4 Å². The van der Waals surface area contributed by atoms with Crippen LogP contribution in [0, 0.1) is 0 Å². The Kier molecular flexibility index (Phi) is 56.5. The van der Waals surface area contributed by atoms with Crippen molar-refractivity contribution in [1.29, 1.82) is 0 Å². The molecule has 0 spiro atoms. The first kappa shape index (κ1) is 66.8. The molecule has 0 saturated heterocycles. The van der Waals surface area contributed by atoms with E-state index < -0.39 is 12.1 Å². The number of unbranched alkanes of at least 4 members (excludes halogenated alkanes) is 39. The summed E-state index contributed by atoms with van der Waals surface area (Å²) in [5, 5.41) is 22.9. The number of hydrogen-bond acceptors (Lipinski definition) is 5. The molecule has 0 fully saturated rings. The van der Waals surface area contributed by atoms with E-state index in [9.17, 15) is 19.8 Å². The summed E-state index contributed by atoms with van der Waals surface area (Å²) in [6.45, 7) is 4.87. The van der Waals surface area contributed by atoms with Crippen molar-refractivity contribution in [2.24, 2.45) is 0 Å². The summed E-state index contributed by atoms with van der Waals surface area (Å²) >= 11 is 0. The van der Waals surface area contributed by atoms with Gasteiger partial charge in [-0.2, -0.15) is 0 Å². The number of amides is 1. The number of aliphatic hydroxyl groups is 2. The zero-order valence-electron chi connectivity index (χ0n) is 46.0. The Labute approximate surface area is 429 Å². The van der Waals surface area contributed by atoms with Crippen LogP contribution in [0.4, 0.5) is 0 Å². The number of carbonyl (C=O) groups is 2. The van der Waals surface area contributed by atoms with Gasteiger partial charge in [-0.05, 0) is 89.9 Å². The van der Waals surface area contributed by atoms with Crippen molar-refractivity contribution in [3.63, 3.8) is 0 Å². The van der Waals surface area contributed by atoms with Crippen LogP contribution < -0.4 is 5.32 Å². The molecule has 404 valence electrons. The molecule has 0 bridgehead atoms. The third-order valence-electron chi connectivity index (χ3n) is 13.8. The molecule has 1 amide bonds. The Balaban J connectivity index is 3.41. The van der Waals surface area contributed by atoms with E-state index >= 15 is 0 Å². The van der Waals surface area contributed by atoms with E-state index in [1.54, 1.807) is 6.08 Å². The van der Waals surface area contributed by atoms with E-state index in [4.69, 9.17) is 4.74 Å². The molecule has 6 heteroatoms. The minimum absolute atomic E-state index is 0.00234. The molecule has 0 aromatic heterocycles. The lowest BCUT2D eigenvalue weighted by molar-refractivity contribution is -0.143. The first-order chi connectivity index (χ1) is 34.0. The van der Waals surface area contributed by atoms with Crippen LogP contribution >= 0.6 is 0 Å². The van der Waals surface area contributed by atoms with Gasteiger partial charge in [-0.3, -0.25) is 9.59 Å². The number of esters is 1. The van der Waals surface area contributed by atoms with Gasteiger partial charge >= 0.3 is 5.97 Å². The fraction of sp³-hybridized carbons (Fsp3) is 0.841. The molecule has 0 aliphatic rings. The standard InChI is InChI=1S/C63H117NO5/c1-3-5-7-9-11-13-14-15-16-31-34-37-41-45-49-53-57-63(68)69-58-54-50-46-42-38-35-32-29-27-25-23-21-19-17-18-20-22-24-26-28-30-33-36-40-44-48-52-56-62(67)64-60(59-65)61(66)55-51-47-43-39-12-10-8-6-4-2/h16-18,21,23,31,51,55,60-61,65-66H,3-15,19-20,22,24-30,32-50,52-54,56-59H2,1-2H3,(H,64,67)/b18-17-,23-21-,31-16-,55-51+. The molecular weight excluding hydrogens is 851 g/mol. The maximum absolute atomic E-state index is 12.4. The normalized spacial score (nSPS) is 12.9. The summed E-state index contributed by atoms with van der Waals surface area (Å²) in [4.78, 5) is 24.4. The average molecular weight is 969 g/mol. The van der Waals surface area contributed by atoms with Gasteiger partial charge in [0.15, 0.2) is 0 Å². The number of aliphatic hydroxyl groups excluding tert-OH is 2. The van der Waals surface area contributed by atoms with Crippen molar-refractivity contribution in [3.8, 4) is 0 Å². The third kappa shape index (κ3) is 55.0. The zero-order chi connectivity index (χ0) is 50.0. The molecule has 69 heavy (non-hydrogen) atoms. The molecule has 0 heterocycles. The van der Waals surface area contributed by atoms with Gasteiger partial charge < -0.3 is 20.3 Å². The Morgan fingerprint density at radius 2 is 0.725 bits per heavy atom. The monoisotopic (exact) mass is 968 g/mol. The Hall–Kier alpha value is -2.18. The average Bonchev–Trinajstić information content (AvgIpc) is 3.35. The summed E-state index contributed by atoms with van der Waals surface area (Å²) in [6.07, 6.45) is 74.5. The van der Waals surface area contributed by atoms with Crippen molar-refractivity contribution < 1.29 is 24.5 Å². The van der Waals surface area contributed by atoms with Crippen molar-refractivity contribution >= 4 is 11.9 Å². The molecule has 0 aliphatic heterocycles. The SMILES string of the molecule is CCCCCCCCC/C=C\CCCCCCCC(=O)OCCCCCCCCCCC/C=C\C/C=C\CCCCCCCCCCCCCC(=O)NC(CO)C(O)/C=C/CCCCCCCCC. The van der Waals surface area contributed by atoms with Gasteiger partial charge in [0.1, 0.15) is 0 Å². The lowest BCUT2D eigenvalue weighted by atomic mass is 10.0. The topological polar surface area (TPSA) is 95.9 Å². The van der Waals surface area contributed by atoms with Crippen LogP contribution in [0.3, 0.4) is 0 Å². The summed E-state index contributed by atoms with van der Waals surface area (Å²) in [5.74, 6) is -0.0719. The molecule has 0 aromatic rings. The van der Waals surface area contributed by atoms with Gasteiger partial charge in [0.05, 0.1) is 25.4 Å². The predicted molar refractivity (Wildman–Crippen MR) is 301 cm³/mol. The molecule has 2 unspecified atom stereocenters. The van der Waals surface area contributed by atoms with Crippen LogP contribution in [0.15, 0.2) is 48.6 Å². The van der Waals surface area contributed by atoms with Crippen molar-refractivity contribution in [1.82, 2.24) is 5.32 Å². The van der Waals surface area contributed by atoms with Crippen LogP contribution in [0.25, 0.3) is 0 Å². The summed E-state index contributed by atoms with van der Waals surface area (Å²) in [6, 6.07) is -0.629. The quantitative estimate of drug-likeness (QED) is 0.0321. The van der Waals surface area contributed by atoms with Crippen molar-refractivity contribution in [2.45, 2.75) is 328 Å². The summed E-state index contributed by atoms with van der Waals surface area (Å²) < 4.78 is 5.48. The number of allylic oxidation sites excluding steroid dienone is 7. The zero-order valence-corrected chi connectivity index (χ0v) is 46.0. The van der Waals surface area contributed by atoms with Gasteiger partial charge in [-0.1, -0.05) is 262 Å². The number of hydrogen-bond donors (Lipinski definition) is 3. The predicted octanol–water partition coefficient (Wildman–Crippen LogP) is 19.0. The molecule has 2 atom stereocenters. The molecule has 6 nitrogen and oxygen atoms in total. The fourth-order valence-corrected chi connectivity index (χ4v) is 9.13. The first-order valence-corrected chi connectivity index (χ1v) is 30.4. The molecule has 0 radical (unpaired) electrons. The Morgan fingerprint density at radius 1 is 0.406 bits per heavy atom. The van der Waals surface area contributed by atoms with E-state index in [-0.39, 0.29) is 18.5 Å². The first-order valence-electron chi connectivity index (χ1n) is 30.4. The van der Waals surface area contributed by atoms with E-state index in [1.807, 2.05) is 6.08 Å².